The minimum absolute atomic E-state index is 0.0352. The maximum Gasteiger partial charge on any atom is 0.326 e. The van der Waals surface area contributed by atoms with Gasteiger partial charge in [0, 0.05) is 49.2 Å². The number of aromatic nitrogens is 1. The van der Waals surface area contributed by atoms with Crippen LogP contribution in [0.5, 0.6) is 5.75 Å². The molecule has 0 fully saturated rings. The van der Waals surface area contributed by atoms with Crippen molar-refractivity contribution in [3.05, 3.63) is 102 Å². The first-order valence-electron chi connectivity index (χ1n) is 29.2. The number of aromatic hydroxyl groups is 1. The van der Waals surface area contributed by atoms with Crippen molar-refractivity contribution in [2.24, 2.45) is 17.6 Å². The number of aliphatic carboxylic acids is 4. The quantitative estimate of drug-likeness (QED) is 0.0283. The molecule has 0 unspecified atom stereocenters. The van der Waals surface area contributed by atoms with Crippen molar-refractivity contribution in [2.75, 3.05) is 0 Å². The summed E-state index contributed by atoms with van der Waals surface area (Å²) in [6.45, 7) is 8.77. The van der Waals surface area contributed by atoms with Crippen molar-refractivity contribution in [2.45, 2.75) is 166 Å². The Labute approximate surface area is 518 Å². The normalized spacial score (nSPS) is 14.8. The van der Waals surface area contributed by atoms with Gasteiger partial charge in [0.2, 0.25) is 53.2 Å². The zero-order valence-corrected chi connectivity index (χ0v) is 50.7. The van der Waals surface area contributed by atoms with Crippen LogP contribution in [0.1, 0.15) is 103 Å². The van der Waals surface area contributed by atoms with E-state index in [0.29, 0.717) is 16.7 Å². The number of hydrogen-bond donors (Lipinski definition) is 16. The molecule has 11 atom stereocenters. The number of nitrogens with two attached hydrogens (primary N) is 1. The van der Waals surface area contributed by atoms with Crippen LogP contribution in [0.15, 0.2) is 85.1 Å². The Kier molecular flexibility index (Phi) is 28.3. The van der Waals surface area contributed by atoms with E-state index >= 15 is 0 Å². The van der Waals surface area contributed by atoms with E-state index in [9.17, 15) is 87.9 Å². The number of phenols is 1. The van der Waals surface area contributed by atoms with E-state index in [-0.39, 0.29) is 31.4 Å². The first-order chi connectivity index (χ1) is 42.5. The first kappa shape index (κ1) is 72.5. The molecule has 4 aromatic rings. The Balaban J connectivity index is 1.53. The van der Waals surface area contributed by atoms with Gasteiger partial charge in [0.15, 0.2) is 0 Å². The molecule has 0 bridgehead atoms. The van der Waals surface area contributed by atoms with Crippen molar-refractivity contribution in [3.63, 3.8) is 0 Å². The number of phenolic OH excluding ortho intramolecular Hbond substituents is 1. The van der Waals surface area contributed by atoms with Gasteiger partial charge in [-0.05, 0) is 86.3 Å². The molecular weight excluding hydrogens is 1170 g/mol. The fourth-order valence-electron chi connectivity index (χ4n) is 9.26. The molecule has 0 aliphatic rings. The van der Waals surface area contributed by atoms with Gasteiger partial charge in [-0.1, -0.05) is 94.8 Å². The molecule has 17 N–H and O–H groups in total. The summed E-state index contributed by atoms with van der Waals surface area (Å²) in [6, 6.07) is 6.49. The van der Waals surface area contributed by atoms with Gasteiger partial charge in [0.25, 0.3) is 0 Å². The smallest absolute Gasteiger partial charge is 0.326 e. The molecule has 9 amide bonds. The van der Waals surface area contributed by atoms with Crippen molar-refractivity contribution in [3.8, 4) is 5.75 Å². The average Bonchev–Trinajstić information content (AvgIpc) is 2.38. The Morgan fingerprint density at radius 2 is 0.844 bits per heavy atom. The van der Waals surface area contributed by atoms with Crippen LogP contribution in [0, 0.1) is 11.8 Å². The molecule has 4 rings (SSSR count). The highest BCUT2D eigenvalue weighted by Crippen LogP contribution is 2.20. The van der Waals surface area contributed by atoms with E-state index in [1.54, 1.807) is 50.4 Å². The lowest BCUT2D eigenvalue weighted by Gasteiger charge is -2.29. The first-order valence-corrected chi connectivity index (χ1v) is 29.2. The number of carboxylic acid groups (broad SMARTS) is 4. The molecule has 3 aromatic carbocycles. The number of carbonyl (C=O) groups is 13. The van der Waals surface area contributed by atoms with E-state index in [1.165, 1.54) is 52.0 Å². The van der Waals surface area contributed by atoms with Gasteiger partial charge in [-0.15, -0.1) is 0 Å². The van der Waals surface area contributed by atoms with Crippen LogP contribution in [0.3, 0.4) is 0 Å². The fraction of sp³-hybridized carbons (Fsp3) is 0.459. The van der Waals surface area contributed by atoms with Gasteiger partial charge in [-0.2, -0.15) is 0 Å². The molecule has 1 aromatic heterocycles. The zero-order chi connectivity index (χ0) is 66.9. The third-order valence-corrected chi connectivity index (χ3v) is 14.7. The highest BCUT2D eigenvalue weighted by Gasteiger charge is 2.37. The number of fused-ring (bicyclic) bond motifs is 1. The van der Waals surface area contributed by atoms with Crippen molar-refractivity contribution < 1.29 is 87.9 Å². The summed E-state index contributed by atoms with van der Waals surface area (Å²) in [5.74, 6) is -15.6. The summed E-state index contributed by atoms with van der Waals surface area (Å²) in [5, 5.41) is 71.0. The average molecular weight is 1260 g/mol. The molecule has 0 saturated heterocycles. The molecule has 0 aliphatic heterocycles. The molecular formula is C61H81N11O18. The Morgan fingerprint density at radius 1 is 0.444 bits per heavy atom. The van der Waals surface area contributed by atoms with Gasteiger partial charge >= 0.3 is 23.9 Å². The minimum atomic E-state index is -1.69. The predicted molar refractivity (Wildman–Crippen MR) is 323 cm³/mol. The van der Waals surface area contributed by atoms with Crippen LogP contribution in [0.4, 0.5) is 0 Å². The van der Waals surface area contributed by atoms with Gasteiger partial charge < -0.3 is 84.1 Å². The Hall–Kier alpha value is -9.93. The second-order valence-electron chi connectivity index (χ2n) is 22.2. The Morgan fingerprint density at radius 3 is 1.33 bits per heavy atom. The largest absolute Gasteiger partial charge is 0.508 e. The van der Waals surface area contributed by atoms with E-state index in [2.05, 4.69) is 52.8 Å². The van der Waals surface area contributed by atoms with Crippen molar-refractivity contribution in [1.29, 1.82) is 0 Å². The molecule has 0 radical (unpaired) electrons. The highest BCUT2D eigenvalue weighted by molar-refractivity contribution is 5.99. The number of carboxylic acids is 4. The SMILES string of the molecule is CC[C@H](C)[C@H](NC(=O)[C@H](Cc1ccccc1)NC(=O)[C@H](Cc1ccc(O)cc1)NC(=O)[C@H](CCC(=O)O)NC(=O)[C@@H](N)Cc1c[nH]c2ccccc12)C(=O)N[C@@H](C)C(=O)N[C@@H](C)C(=O)N[C@@H](CCC(=O)O)C(=O)N[C@@H](CCC(=O)O)C(=O)N[C@H](C(=O)O)C(C)C. The molecule has 0 saturated carbocycles. The van der Waals surface area contributed by atoms with Gasteiger partial charge in [0.1, 0.15) is 60.1 Å². The van der Waals surface area contributed by atoms with Crippen LogP contribution in [-0.2, 0) is 81.6 Å². The molecule has 0 spiro atoms. The Bertz CT molecular complexity index is 3190. The van der Waals surface area contributed by atoms with Crippen LogP contribution in [0.25, 0.3) is 10.9 Å². The number of nitrogens with one attached hydrogen (secondary N) is 10. The molecule has 488 valence electrons. The van der Waals surface area contributed by atoms with Crippen molar-refractivity contribution in [1.82, 2.24) is 52.8 Å². The lowest BCUT2D eigenvalue weighted by Crippen LogP contribution is -2.61. The predicted octanol–water partition coefficient (Wildman–Crippen LogP) is 0.0128. The summed E-state index contributed by atoms with van der Waals surface area (Å²) in [7, 11) is 0. The molecule has 29 heteroatoms. The second kappa shape index (κ2) is 35.2. The monoisotopic (exact) mass is 1260 g/mol. The van der Waals surface area contributed by atoms with E-state index in [0.717, 1.165) is 10.9 Å². The molecule has 1 heterocycles. The van der Waals surface area contributed by atoms with Gasteiger partial charge in [0.05, 0.1) is 6.04 Å². The third-order valence-electron chi connectivity index (χ3n) is 14.7. The number of benzene rings is 3. The lowest BCUT2D eigenvalue weighted by molar-refractivity contribution is -0.144. The molecule has 90 heavy (non-hydrogen) atoms. The minimum Gasteiger partial charge on any atom is -0.508 e. The van der Waals surface area contributed by atoms with E-state index < -0.39 is 188 Å². The number of H-pyrrole nitrogens is 1. The van der Waals surface area contributed by atoms with Gasteiger partial charge in [-0.3, -0.25) is 57.5 Å². The number of para-hydroxylation sites is 1. The van der Waals surface area contributed by atoms with Crippen LogP contribution in [0.2, 0.25) is 0 Å². The van der Waals surface area contributed by atoms with Crippen LogP contribution >= 0.6 is 0 Å². The summed E-state index contributed by atoms with van der Waals surface area (Å²) in [5.41, 5.74) is 8.79. The number of carbonyl (C=O) groups excluding carboxylic acids is 9. The molecule has 0 aliphatic carbocycles. The maximum atomic E-state index is 14.7. The lowest BCUT2D eigenvalue weighted by atomic mass is 9.96. The summed E-state index contributed by atoms with van der Waals surface area (Å²) in [6.07, 6.45) is -1.88. The second-order valence-corrected chi connectivity index (χ2v) is 22.2. The summed E-state index contributed by atoms with van der Waals surface area (Å²) < 4.78 is 0. The standard InChI is InChI=1S/C61H81N11O18/c1-7-32(4)51(60(88)65-33(5)52(80)64-34(6)53(81)66-42(21-24-47(74)75)55(83)68-44(23-26-49(78)79)57(85)71-50(31(2)3)61(89)90)72-59(87)46(27-35-13-9-8-10-14-35)70-58(86)45(28-36-17-19-38(73)20-18-36)69-56(84)43(22-25-48(76)77)67-54(82)40(62)29-37-30-63-41-16-12-11-15-39(37)41/h8-20,30-34,40,42-46,50-51,63,73H,7,21-29,62H2,1-6H3,(H,64,80)(H,65,88)(H,66,81)(H,67,82)(H,68,83)(H,69,84)(H,70,86)(H,71,85)(H,72,87)(H,74,75)(H,76,77)(H,78,79)(H,89,90)/t32-,33-,34-,40-,42-,43-,44-,45-,46-,50-,51-/m0/s1. The fourth-order valence-corrected chi connectivity index (χ4v) is 9.26. The number of amides is 9. The number of aromatic amines is 1. The summed E-state index contributed by atoms with van der Waals surface area (Å²) >= 11 is 0. The maximum absolute atomic E-state index is 14.7. The highest BCUT2D eigenvalue weighted by atomic mass is 16.4. The zero-order valence-electron chi connectivity index (χ0n) is 50.7. The van der Waals surface area contributed by atoms with Crippen LogP contribution < -0.4 is 53.6 Å². The van der Waals surface area contributed by atoms with E-state index in [4.69, 9.17) is 5.73 Å². The number of hydrogen-bond acceptors (Lipinski definition) is 15. The topological polar surface area (TPSA) is 473 Å². The molecule has 29 nitrogen and oxygen atoms in total. The van der Waals surface area contributed by atoms with E-state index in [1.807, 2.05) is 24.3 Å². The van der Waals surface area contributed by atoms with Gasteiger partial charge in [-0.25, -0.2) is 4.79 Å². The summed E-state index contributed by atoms with van der Waals surface area (Å²) in [4.78, 5) is 175. The third kappa shape index (κ3) is 23.3. The number of rotatable bonds is 37. The van der Waals surface area contributed by atoms with Crippen molar-refractivity contribution >= 4 is 87.9 Å². The van der Waals surface area contributed by atoms with Crippen LogP contribution in [-0.4, -0.2) is 168 Å².